The quantitative estimate of drug-likeness (QED) is 0.527. The molecule has 0 saturated carbocycles. The number of nitro benzene ring substituents is 1. The predicted molar refractivity (Wildman–Crippen MR) is 46.2 cm³/mol. The summed E-state index contributed by atoms with van der Waals surface area (Å²) in [5.74, 6) is 0.506. The summed E-state index contributed by atoms with van der Waals surface area (Å²) in [6.07, 6.45) is 0. The number of nitro groups is 1. The highest BCUT2D eigenvalue weighted by molar-refractivity contribution is 5.55. The van der Waals surface area contributed by atoms with E-state index in [4.69, 9.17) is 9.47 Å². The topological polar surface area (TPSA) is 61.6 Å². The Balaban J connectivity index is 3.27. The van der Waals surface area contributed by atoms with Crippen molar-refractivity contribution in [2.75, 3.05) is 14.2 Å². The van der Waals surface area contributed by atoms with Crippen molar-refractivity contribution in [3.05, 3.63) is 28.3 Å². The van der Waals surface area contributed by atoms with Gasteiger partial charge in [-0.15, -0.1) is 0 Å². The average molecular weight is 183 g/mol. The maximum atomic E-state index is 10.5. The van der Waals surface area contributed by atoms with Crippen molar-refractivity contribution in [2.24, 2.45) is 0 Å². The smallest absolute Gasteiger partial charge is 0.314 e. The number of rotatable bonds is 3. The van der Waals surface area contributed by atoms with E-state index in [1.54, 1.807) is 12.1 Å². The van der Waals surface area contributed by atoms with Crippen molar-refractivity contribution in [2.45, 2.75) is 0 Å². The predicted octanol–water partition coefficient (Wildman–Crippen LogP) is 1.61. The second kappa shape index (κ2) is 3.75. The number of hydrogen-bond donors (Lipinski definition) is 0. The van der Waals surface area contributed by atoms with Crippen molar-refractivity contribution >= 4 is 5.69 Å². The van der Waals surface area contributed by atoms with Crippen molar-refractivity contribution in [1.29, 1.82) is 0 Å². The summed E-state index contributed by atoms with van der Waals surface area (Å²) in [4.78, 5) is 10.0. The third-order valence-electron chi connectivity index (χ3n) is 1.58. The first kappa shape index (κ1) is 9.31. The van der Waals surface area contributed by atoms with Gasteiger partial charge in [0.1, 0.15) is 0 Å². The van der Waals surface area contributed by atoms with Crippen molar-refractivity contribution in [1.82, 2.24) is 0 Å². The van der Waals surface area contributed by atoms with Crippen LogP contribution in [-0.2, 0) is 0 Å². The van der Waals surface area contributed by atoms with Gasteiger partial charge < -0.3 is 9.47 Å². The highest BCUT2D eigenvalue weighted by atomic mass is 16.6. The van der Waals surface area contributed by atoms with Crippen LogP contribution >= 0.6 is 0 Å². The molecule has 0 spiro atoms. The van der Waals surface area contributed by atoms with Gasteiger partial charge >= 0.3 is 5.69 Å². The monoisotopic (exact) mass is 183 g/mol. The van der Waals surface area contributed by atoms with Crippen LogP contribution in [-0.4, -0.2) is 19.1 Å². The first-order chi connectivity index (χ1) is 6.20. The van der Waals surface area contributed by atoms with Crippen LogP contribution < -0.4 is 9.47 Å². The van der Waals surface area contributed by atoms with E-state index in [-0.39, 0.29) is 11.4 Å². The highest BCUT2D eigenvalue weighted by Gasteiger charge is 2.18. The number of hydrogen-bond acceptors (Lipinski definition) is 4. The molecule has 0 saturated heterocycles. The third-order valence-corrected chi connectivity index (χ3v) is 1.58. The first-order valence-electron chi connectivity index (χ1n) is 3.56. The maximum absolute atomic E-state index is 10.5. The Bertz CT molecular complexity index is 324. The SMILES string of the molecule is COc1cccc([N+](=O)[O-])c1OC. The van der Waals surface area contributed by atoms with Gasteiger partial charge in [0.05, 0.1) is 19.1 Å². The van der Waals surface area contributed by atoms with Gasteiger partial charge in [0.15, 0.2) is 5.75 Å². The zero-order valence-electron chi connectivity index (χ0n) is 7.31. The normalized spacial score (nSPS) is 9.38. The average Bonchev–Trinajstić information content (AvgIpc) is 2.16. The van der Waals surface area contributed by atoms with Crippen LogP contribution in [0.4, 0.5) is 5.69 Å². The van der Waals surface area contributed by atoms with Crippen LogP contribution in [0.25, 0.3) is 0 Å². The van der Waals surface area contributed by atoms with E-state index >= 15 is 0 Å². The molecule has 0 bridgehead atoms. The Morgan fingerprint density at radius 2 is 2.00 bits per heavy atom. The van der Waals surface area contributed by atoms with Gasteiger partial charge in [-0.1, -0.05) is 6.07 Å². The van der Waals surface area contributed by atoms with Crippen LogP contribution in [0.3, 0.4) is 0 Å². The van der Waals surface area contributed by atoms with E-state index in [1.165, 1.54) is 20.3 Å². The van der Waals surface area contributed by atoms with Crippen molar-refractivity contribution in [3.8, 4) is 11.5 Å². The molecule has 0 aromatic heterocycles. The number of methoxy groups -OCH3 is 2. The molecular weight excluding hydrogens is 174 g/mol. The number of para-hydroxylation sites is 1. The molecule has 13 heavy (non-hydrogen) atoms. The minimum Gasteiger partial charge on any atom is -0.493 e. The standard InChI is InChI=1S/C8H9NO4/c1-12-7-5-3-4-6(9(10)11)8(7)13-2/h3-5H,1-2H3. The first-order valence-corrected chi connectivity index (χ1v) is 3.56. The van der Waals surface area contributed by atoms with E-state index in [9.17, 15) is 10.1 Å². The lowest BCUT2D eigenvalue weighted by atomic mass is 10.3. The maximum Gasteiger partial charge on any atom is 0.314 e. The Labute approximate surface area is 75.0 Å². The van der Waals surface area contributed by atoms with Gasteiger partial charge in [0, 0.05) is 6.07 Å². The second-order valence-electron chi connectivity index (χ2n) is 2.27. The largest absolute Gasteiger partial charge is 0.493 e. The van der Waals surface area contributed by atoms with Crippen LogP contribution in [0.15, 0.2) is 18.2 Å². The summed E-state index contributed by atoms with van der Waals surface area (Å²) in [6, 6.07) is 4.51. The van der Waals surface area contributed by atoms with Crippen LogP contribution in [0.5, 0.6) is 11.5 Å². The lowest BCUT2D eigenvalue weighted by Gasteiger charge is -2.06. The molecule has 0 aliphatic carbocycles. The molecule has 0 atom stereocenters. The molecule has 1 aromatic rings. The Morgan fingerprint density at radius 3 is 2.46 bits per heavy atom. The van der Waals surface area contributed by atoms with Gasteiger partial charge in [0.2, 0.25) is 5.75 Å². The Hall–Kier alpha value is -1.78. The molecule has 1 rings (SSSR count). The number of benzene rings is 1. The third kappa shape index (κ3) is 1.69. The molecule has 0 unspecified atom stereocenters. The lowest BCUT2D eigenvalue weighted by Crippen LogP contribution is -1.96. The summed E-state index contributed by atoms with van der Waals surface area (Å²) < 4.78 is 9.76. The summed E-state index contributed by atoms with van der Waals surface area (Å²) in [6.45, 7) is 0. The number of nitrogens with zero attached hydrogens (tertiary/aromatic N) is 1. The van der Waals surface area contributed by atoms with E-state index in [2.05, 4.69) is 0 Å². The molecule has 0 aliphatic rings. The molecule has 5 nitrogen and oxygen atoms in total. The molecule has 0 fully saturated rings. The van der Waals surface area contributed by atoms with Crippen LogP contribution in [0.2, 0.25) is 0 Å². The zero-order chi connectivity index (χ0) is 9.84. The molecule has 1 aromatic carbocycles. The summed E-state index contributed by atoms with van der Waals surface area (Å²) in [5, 5.41) is 10.5. The van der Waals surface area contributed by atoms with Gasteiger partial charge in [0.25, 0.3) is 0 Å². The molecule has 0 radical (unpaired) electrons. The van der Waals surface area contributed by atoms with Gasteiger partial charge in [-0.05, 0) is 6.07 Å². The van der Waals surface area contributed by atoms with E-state index < -0.39 is 4.92 Å². The lowest BCUT2D eigenvalue weighted by molar-refractivity contribution is -0.385. The van der Waals surface area contributed by atoms with Gasteiger partial charge in [-0.2, -0.15) is 0 Å². The minimum atomic E-state index is -0.513. The van der Waals surface area contributed by atoms with Crippen LogP contribution in [0, 0.1) is 10.1 Å². The van der Waals surface area contributed by atoms with Crippen molar-refractivity contribution in [3.63, 3.8) is 0 Å². The molecular formula is C8H9NO4. The molecule has 0 heterocycles. The van der Waals surface area contributed by atoms with Crippen LogP contribution in [0.1, 0.15) is 0 Å². The highest BCUT2D eigenvalue weighted by Crippen LogP contribution is 2.35. The van der Waals surface area contributed by atoms with E-state index in [0.717, 1.165) is 0 Å². The molecule has 0 N–H and O–H groups in total. The molecule has 70 valence electrons. The zero-order valence-corrected chi connectivity index (χ0v) is 7.31. The minimum absolute atomic E-state index is 0.0955. The summed E-state index contributed by atoms with van der Waals surface area (Å²) >= 11 is 0. The Morgan fingerprint density at radius 1 is 1.31 bits per heavy atom. The summed E-state index contributed by atoms with van der Waals surface area (Å²) in [5.41, 5.74) is -0.0955. The Kier molecular flexibility index (Phi) is 2.69. The summed E-state index contributed by atoms with van der Waals surface area (Å²) in [7, 11) is 2.80. The van der Waals surface area contributed by atoms with E-state index in [0.29, 0.717) is 5.75 Å². The van der Waals surface area contributed by atoms with E-state index in [1.807, 2.05) is 0 Å². The molecule has 0 amide bonds. The van der Waals surface area contributed by atoms with Gasteiger partial charge in [-0.3, -0.25) is 10.1 Å². The fourth-order valence-corrected chi connectivity index (χ4v) is 1.01. The number of ether oxygens (including phenoxy) is 2. The fourth-order valence-electron chi connectivity index (χ4n) is 1.01. The van der Waals surface area contributed by atoms with Gasteiger partial charge in [-0.25, -0.2) is 0 Å². The second-order valence-corrected chi connectivity index (χ2v) is 2.27. The molecule has 0 aliphatic heterocycles. The fraction of sp³-hybridized carbons (Fsp3) is 0.250. The van der Waals surface area contributed by atoms with Crippen molar-refractivity contribution < 1.29 is 14.4 Å². The molecule has 5 heteroatoms.